The fourth-order valence-corrected chi connectivity index (χ4v) is 3.80. The molecule has 6 nitrogen and oxygen atoms in total. The molecule has 3 fully saturated rings. The highest BCUT2D eigenvalue weighted by Gasteiger charge is 2.36. The number of morpholine rings is 1. The number of aliphatic hydroxyl groups is 1. The number of hydrogen-bond acceptors (Lipinski definition) is 5. The first-order chi connectivity index (χ1) is 11.1. The van der Waals surface area contributed by atoms with E-state index in [4.69, 9.17) is 9.47 Å². The van der Waals surface area contributed by atoms with Crippen molar-refractivity contribution in [1.82, 2.24) is 9.80 Å². The standard InChI is InChI=1S/C17H30N2O4/c20-16(13-15-3-1-2-10-23-15)19-6-4-17(21,5-7-19)14-18-8-11-22-12-9-18/h15,21H,1-14H2. The highest BCUT2D eigenvalue weighted by atomic mass is 16.5. The lowest BCUT2D eigenvalue weighted by Gasteiger charge is -2.42. The van der Waals surface area contributed by atoms with Crippen molar-refractivity contribution in [1.29, 1.82) is 0 Å². The number of piperidine rings is 1. The maximum atomic E-state index is 12.4. The normalized spacial score (nSPS) is 29.4. The Bertz CT molecular complexity index is 384. The molecule has 132 valence electrons. The minimum absolute atomic E-state index is 0.102. The third kappa shape index (κ3) is 4.89. The van der Waals surface area contributed by atoms with Crippen molar-refractivity contribution in [3.63, 3.8) is 0 Å². The molecule has 1 unspecified atom stereocenters. The second-order valence-corrected chi connectivity index (χ2v) is 7.19. The van der Waals surface area contributed by atoms with Crippen LogP contribution in [-0.2, 0) is 14.3 Å². The molecule has 0 bridgehead atoms. The average molecular weight is 326 g/mol. The molecule has 3 rings (SSSR count). The molecular formula is C17H30N2O4. The van der Waals surface area contributed by atoms with Crippen molar-refractivity contribution in [2.45, 2.75) is 50.2 Å². The Balaban J connectivity index is 1.42. The zero-order valence-corrected chi connectivity index (χ0v) is 14.0. The Morgan fingerprint density at radius 3 is 2.48 bits per heavy atom. The molecule has 0 radical (unpaired) electrons. The second kappa shape index (κ2) is 7.92. The molecule has 0 aromatic carbocycles. The Hall–Kier alpha value is -0.690. The summed E-state index contributed by atoms with van der Waals surface area (Å²) in [6.45, 7) is 6.10. The topological polar surface area (TPSA) is 62.2 Å². The van der Waals surface area contributed by atoms with Crippen molar-refractivity contribution < 1.29 is 19.4 Å². The summed E-state index contributed by atoms with van der Waals surface area (Å²) in [5, 5.41) is 10.8. The molecule has 0 spiro atoms. The number of rotatable bonds is 4. The second-order valence-electron chi connectivity index (χ2n) is 7.19. The SMILES string of the molecule is O=C(CC1CCCCO1)N1CCC(O)(CN2CCOCC2)CC1. The molecule has 1 amide bonds. The fourth-order valence-electron chi connectivity index (χ4n) is 3.80. The van der Waals surface area contributed by atoms with E-state index in [2.05, 4.69) is 4.90 Å². The number of amides is 1. The summed E-state index contributed by atoms with van der Waals surface area (Å²) in [6.07, 6.45) is 5.22. The molecule has 1 atom stereocenters. The van der Waals surface area contributed by atoms with Crippen LogP contribution in [0.4, 0.5) is 0 Å². The van der Waals surface area contributed by atoms with Crippen LogP contribution in [-0.4, -0.2) is 85.1 Å². The lowest BCUT2D eigenvalue weighted by molar-refractivity contribution is -0.140. The van der Waals surface area contributed by atoms with Crippen molar-refractivity contribution >= 4 is 5.91 Å². The molecule has 3 aliphatic rings. The van der Waals surface area contributed by atoms with Gasteiger partial charge in [0.25, 0.3) is 0 Å². The van der Waals surface area contributed by atoms with Crippen LogP contribution in [0.25, 0.3) is 0 Å². The number of β-amino-alcohol motifs (C(OH)–C–C–N with tert-alkyl or cyclic N) is 1. The number of carbonyl (C=O) groups excluding carboxylic acids is 1. The van der Waals surface area contributed by atoms with Gasteiger partial charge in [-0.1, -0.05) is 0 Å². The van der Waals surface area contributed by atoms with Crippen LogP contribution in [0.5, 0.6) is 0 Å². The van der Waals surface area contributed by atoms with Gasteiger partial charge in [0.1, 0.15) is 0 Å². The molecule has 3 saturated heterocycles. The summed E-state index contributed by atoms with van der Waals surface area (Å²) >= 11 is 0. The first-order valence-electron chi connectivity index (χ1n) is 9.06. The van der Waals surface area contributed by atoms with Gasteiger partial charge in [-0.3, -0.25) is 9.69 Å². The van der Waals surface area contributed by atoms with Crippen LogP contribution in [0.2, 0.25) is 0 Å². The Morgan fingerprint density at radius 2 is 1.83 bits per heavy atom. The monoisotopic (exact) mass is 326 g/mol. The van der Waals surface area contributed by atoms with Gasteiger partial charge in [0, 0.05) is 39.3 Å². The van der Waals surface area contributed by atoms with Crippen molar-refractivity contribution in [3.05, 3.63) is 0 Å². The van der Waals surface area contributed by atoms with E-state index in [1.165, 1.54) is 0 Å². The summed E-state index contributed by atoms with van der Waals surface area (Å²) in [6, 6.07) is 0. The molecule has 3 heterocycles. The molecule has 0 aromatic heterocycles. The zero-order chi connectivity index (χ0) is 16.1. The van der Waals surface area contributed by atoms with E-state index >= 15 is 0 Å². The molecule has 3 aliphatic heterocycles. The number of hydrogen-bond donors (Lipinski definition) is 1. The van der Waals surface area contributed by atoms with Gasteiger partial charge in [-0.05, 0) is 32.1 Å². The number of nitrogens with zero attached hydrogens (tertiary/aromatic N) is 2. The van der Waals surface area contributed by atoms with Gasteiger partial charge in [0.05, 0.1) is 31.3 Å². The third-order valence-corrected chi connectivity index (χ3v) is 5.34. The van der Waals surface area contributed by atoms with Gasteiger partial charge in [0.15, 0.2) is 0 Å². The molecule has 0 saturated carbocycles. The van der Waals surface area contributed by atoms with Gasteiger partial charge in [-0.2, -0.15) is 0 Å². The van der Waals surface area contributed by atoms with Gasteiger partial charge in [-0.15, -0.1) is 0 Å². The van der Waals surface area contributed by atoms with E-state index in [1.807, 2.05) is 4.90 Å². The first-order valence-corrected chi connectivity index (χ1v) is 9.06. The highest BCUT2D eigenvalue weighted by Crippen LogP contribution is 2.25. The minimum Gasteiger partial charge on any atom is -0.388 e. The molecule has 0 aliphatic carbocycles. The highest BCUT2D eigenvalue weighted by molar-refractivity contribution is 5.76. The predicted molar refractivity (Wildman–Crippen MR) is 86.2 cm³/mol. The first kappa shape index (κ1) is 17.1. The van der Waals surface area contributed by atoms with Crippen LogP contribution in [0.15, 0.2) is 0 Å². The molecule has 6 heteroatoms. The zero-order valence-electron chi connectivity index (χ0n) is 14.0. The number of carbonyl (C=O) groups is 1. The van der Waals surface area contributed by atoms with Gasteiger partial charge >= 0.3 is 0 Å². The average Bonchev–Trinajstić information content (AvgIpc) is 2.57. The molecular weight excluding hydrogens is 296 g/mol. The minimum atomic E-state index is -0.657. The summed E-state index contributed by atoms with van der Waals surface area (Å²) < 4.78 is 11.0. The van der Waals surface area contributed by atoms with Crippen LogP contribution >= 0.6 is 0 Å². The van der Waals surface area contributed by atoms with E-state index in [1.54, 1.807) is 0 Å². The summed E-state index contributed by atoms with van der Waals surface area (Å²) in [5.41, 5.74) is -0.657. The maximum Gasteiger partial charge on any atom is 0.225 e. The van der Waals surface area contributed by atoms with E-state index in [9.17, 15) is 9.90 Å². The van der Waals surface area contributed by atoms with Gasteiger partial charge in [0.2, 0.25) is 5.91 Å². The molecule has 23 heavy (non-hydrogen) atoms. The number of likely N-dealkylation sites (tertiary alicyclic amines) is 1. The Morgan fingerprint density at radius 1 is 1.09 bits per heavy atom. The van der Waals surface area contributed by atoms with E-state index in [0.29, 0.717) is 38.9 Å². The Kier molecular flexibility index (Phi) is 5.91. The van der Waals surface area contributed by atoms with Crippen molar-refractivity contribution in [2.24, 2.45) is 0 Å². The molecule has 1 N–H and O–H groups in total. The van der Waals surface area contributed by atoms with Gasteiger partial charge in [-0.25, -0.2) is 0 Å². The van der Waals surface area contributed by atoms with Crippen LogP contribution in [0.3, 0.4) is 0 Å². The smallest absolute Gasteiger partial charge is 0.225 e. The molecule has 0 aromatic rings. The van der Waals surface area contributed by atoms with E-state index < -0.39 is 5.60 Å². The summed E-state index contributed by atoms with van der Waals surface area (Å²) in [4.78, 5) is 16.6. The summed E-state index contributed by atoms with van der Waals surface area (Å²) in [7, 11) is 0. The number of ether oxygens (including phenoxy) is 2. The van der Waals surface area contributed by atoms with Crippen LogP contribution in [0, 0.1) is 0 Å². The van der Waals surface area contributed by atoms with E-state index in [0.717, 1.165) is 52.2 Å². The van der Waals surface area contributed by atoms with Gasteiger partial charge < -0.3 is 19.5 Å². The fraction of sp³-hybridized carbons (Fsp3) is 0.941. The maximum absolute atomic E-state index is 12.4. The lowest BCUT2D eigenvalue weighted by atomic mass is 9.90. The van der Waals surface area contributed by atoms with Crippen LogP contribution < -0.4 is 0 Å². The van der Waals surface area contributed by atoms with Crippen LogP contribution in [0.1, 0.15) is 38.5 Å². The Labute approximate surface area is 138 Å². The van der Waals surface area contributed by atoms with E-state index in [-0.39, 0.29) is 12.0 Å². The predicted octanol–water partition coefficient (Wildman–Crippen LogP) is 0.631. The quantitative estimate of drug-likeness (QED) is 0.821. The lowest BCUT2D eigenvalue weighted by Crippen LogP contribution is -2.54. The largest absolute Gasteiger partial charge is 0.388 e. The summed E-state index contributed by atoms with van der Waals surface area (Å²) in [5.74, 6) is 0.185. The van der Waals surface area contributed by atoms with Crippen molar-refractivity contribution in [2.75, 3.05) is 52.5 Å². The third-order valence-electron chi connectivity index (χ3n) is 5.34. The van der Waals surface area contributed by atoms with Crippen molar-refractivity contribution in [3.8, 4) is 0 Å².